The van der Waals surface area contributed by atoms with Crippen LogP contribution in [0.4, 0.5) is 4.79 Å². The van der Waals surface area contributed by atoms with Gasteiger partial charge < -0.3 is 20.1 Å². The maximum atomic E-state index is 11.7. The number of nitrogens with zero attached hydrogens (tertiary/aromatic N) is 1. The van der Waals surface area contributed by atoms with Gasteiger partial charge in [0.15, 0.2) is 0 Å². The van der Waals surface area contributed by atoms with E-state index in [-0.39, 0.29) is 24.6 Å². The molecule has 1 aliphatic heterocycles. The lowest BCUT2D eigenvalue weighted by Crippen LogP contribution is -2.54. The van der Waals surface area contributed by atoms with E-state index in [2.05, 4.69) is 5.32 Å². The summed E-state index contributed by atoms with van der Waals surface area (Å²) in [5.74, 6) is -0.911. The standard InChI is InChI=1S/C11H20N2O4/c1-3-11(2)8-13(6-7-17-11)10(16)12-5-4-9(14)15/h3-8H2,1-2H3,(H,12,16)(H,14,15). The second-order valence-electron chi connectivity index (χ2n) is 4.45. The van der Waals surface area contributed by atoms with Crippen molar-refractivity contribution in [3.8, 4) is 0 Å². The van der Waals surface area contributed by atoms with Gasteiger partial charge in [0.25, 0.3) is 0 Å². The molecule has 1 aliphatic rings. The number of urea groups is 1. The molecule has 0 aromatic carbocycles. The van der Waals surface area contributed by atoms with Crippen molar-refractivity contribution in [3.63, 3.8) is 0 Å². The van der Waals surface area contributed by atoms with Crippen LogP contribution in [-0.2, 0) is 9.53 Å². The number of rotatable bonds is 4. The SMILES string of the molecule is CCC1(C)CN(C(=O)NCCC(=O)O)CCO1. The summed E-state index contributed by atoms with van der Waals surface area (Å²) in [5.41, 5.74) is -0.289. The van der Waals surface area contributed by atoms with Crippen molar-refractivity contribution in [2.24, 2.45) is 0 Å². The van der Waals surface area contributed by atoms with Gasteiger partial charge in [0.1, 0.15) is 0 Å². The van der Waals surface area contributed by atoms with Crippen molar-refractivity contribution in [1.29, 1.82) is 0 Å². The maximum Gasteiger partial charge on any atom is 0.317 e. The number of hydrogen-bond donors (Lipinski definition) is 2. The molecule has 0 aromatic rings. The molecule has 1 atom stereocenters. The Bertz CT molecular complexity index is 295. The average molecular weight is 244 g/mol. The van der Waals surface area contributed by atoms with E-state index in [1.54, 1.807) is 4.90 Å². The van der Waals surface area contributed by atoms with Crippen molar-refractivity contribution in [1.82, 2.24) is 10.2 Å². The molecule has 1 saturated heterocycles. The summed E-state index contributed by atoms with van der Waals surface area (Å²) in [6.45, 7) is 5.78. The van der Waals surface area contributed by atoms with Crippen molar-refractivity contribution in [2.45, 2.75) is 32.3 Å². The Hall–Kier alpha value is -1.30. The molecule has 1 heterocycles. The van der Waals surface area contributed by atoms with Crippen LogP contribution in [0.2, 0.25) is 0 Å². The summed E-state index contributed by atoms with van der Waals surface area (Å²) in [4.78, 5) is 23.7. The molecule has 2 N–H and O–H groups in total. The molecule has 0 bridgehead atoms. The average Bonchev–Trinajstić information content (AvgIpc) is 2.28. The first-order valence-corrected chi connectivity index (χ1v) is 5.85. The molecule has 98 valence electrons. The molecule has 6 heteroatoms. The lowest BCUT2D eigenvalue weighted by Gasteiger charge is -2.39. The second-order valence-corrected chi connectivity index (χ2v) is 4.45. The predicted molar refractivity (Wildman–Crippen MR) is 61.9 cm³/mol. The van der Waals surface area contributed by atoms with Crippen LogP contribution >= 0.6 is 0 Å². The van der Waals surface area contributed by atoms with Crippen molar-refractivity contribution >= 4 is 12.0 Å². The van der Waals surface area contributed by atoms with E-state index < -0.39 is 5.97 Å². The van der Waals surface area contributed by atoms with Gasteiger partial charge in [-0.15, -0.1) is 0 Å². The molecule has 6 nitrogen and oxygen atoms in total. The third kappa shape index (κ3) is 4.22. The van der Waals surface area contributed by atoms with Gasteiger partial charge in [0.05, 0.1) is 25.2 Å². The van der Waals surface area contributed by atoms with Gasteiger partial charge in [-0.25, -0.2) is 4.79 Å². The molecular weight excluding hydrogens is 224 g/mol. The first-order chi connectivity index (χ1) is 7.97. The van der Waals surface area contributed by atoms with E-state index in [1.807, 2.05) is 13.8 Å². The Kier molecular flexibility index (Phi) is 4.74. The van der Waals surface area contributed by atoms with E-state index in [4.69, 9.17) is 9.84 Å². The molecule has 2 amide bonds. The Balaban J connectivity index is 2.38. The Morgan fingerprint density at radius 3 is 2.82 bits per heavy atom. The fourth-order valence-corrected chi connectivity index (χ4v) is 1.71. The molecule has 17 heavy (non-hydrogen) atoms. The van der Waals surface area contributed by atoms with Crippen LogP contribution in [0.15, 0.2) is 0 Å². The number of carbonyl (C=O) groups is 2. The van der Waals surface area contributed by atoms with Gasteiger partial charge in [-0.05, 0) is 13.3 Å². The smallest absolute Gasteiger partial charge is 0.317 e. The fraction of sp³-hybridized carbons (Fsp3) is 0.818. The molecule has 0 aromatic heterocycles. The van der Waals surface area contributed by atoms with Gasteiger partial charge in [-0.1, -0.05) is 6.92 Å². The maximum absolute atomic E-state index is 11.7. The van der Waals surface area contributed by atoms with Crippen LogP contribution < -0.4 is 5.32 Å². The Morgan fingerprint density at radius 2 is 2.24 bits per heavy atom. The van der Waals surface area contributed by atoms with Gasteiger partial charge in [-0.3, -0.25) is 4.79 Å². The highest BCUT2D eigenvalue weighted by Gasteiger charge is 2.32. The van der Waals surface area contributed by atoms with Gasteiger partial charge in [0, 0.05) is 13.1 Å². The molecule has 1 fully saturated rings. The number of morpholine rings is 1. The summed E-state index contributed by atoms with van der Waals surface area (Å²) in [6, 6.07) is -0.214. The van der Waals surface area contributed by atoms with Crippen LogP contribution in [-0.4, -0.2) is 53.8 Å². The molecule has 0 radical (unpaired) electrons. The van der Waals surface area contributed by atoms with E-state index in [1.165, 1.54) is 0 Å². The highest BCUT2D eigenvalue weighted by atomic mass is 16.5. The minimum Gasteiger partial charge on any atom is -0.481 e. The van der Waals surface area contributed by atoms with E-state index in [9.17, 15) is 9.59 Å². The number of carbonyl (C=O) groups excluding carboxylic acids is 1. The number of aliphatic carboxylic acids is 1. The second kappa shape index (κ2) is 5.86. The first-order valence-electron chi connectivity index (χ1n) is 5.85. The molecule has 1 rings (SSSR count). The van der Waals surface area contributed by atoms with Gasteiger partial charge in [-0.2, -0.15) is 0 Å². The number of nitrogens with one attached hydrogen (secondary N) is 1. The Morgan fingerprint density at radius 1 is 1.53 bits per heavy atom. The molecular formula is C11H20N2O4. The normalized spacial score (nSPS) is 24.5. The third-order valence-electron chi connectivity index (χ3n) is 2.99. The largest absolute Gasteiger partial charge is 0.481 e. The predicted octanol–water partition coefficient (Wildman–Crippen LogP) is 0.672. The zero-order valence-electron chi connectivity index (χ0n) is 10.4. The molecule has 0 aliphatic carbocycles. The van der Waals surface area contributed by atoms with Crippen LogP contribution in [0.25, 0.3) is 0 Å². The van der Waals surface area contributed by atoms with Gasteiger partial charge >= 0.3 is 12.0 Å². The molecule has 0 saturated carbocycles. The van der Waals surface area contributed by atoms with Gasteiger partial charge in [0.2, 0.25) is 0 Å². The van der Waals surface area contributed by atoms with Crippen LogP contribution in [0.3, 0.4) is 0 Å². The van der Waals surface area contributed by atoms with E-state index in [0.717, 1.165) is 6.42 Å². The summed E-state index contributed by atoms with van der Waals surface area (Å²) >= 11 is 0. The van der Waals surface area contributed by atoms with Crippen LogP contribution in [0.5, 0.6) is 0 Å². The van der Waals surface area contributed by atoms with Crippen molar-refractivity contribution in [2.75, 3.05) is 26.2 Å². The number of hydrogen-bond acceptors (Lipinski definition) is 3. The topological polar surface area (TPSA) is 78.9 Å². The lowest BCUT2D eigenvalue weighted by atomic mass is 10.0. The highest BCUT2D eigenvalue weighted by Crippen LogP contribution is 2.20. The first kappa shape index (κ1) is 13.8. The van der Waals surface area contributed by atoms with Crippen molar-refractivity contribution < 1.29 is 19.4 Å². The summed E-state index contributed by atoms with van der Waals surface area (Å²) in [5, 5.41) is 11.1. The minimum atomic E-state index is -0.911. The summed E-state index contributed by atoms with van der Waals surface area (Å²) in [6.07, 6.45) is 0.785. The number of carboxylic acid groups (broad SMARTS) is 1. The Labute approximate surface area is 101 Å². The molecule has 1 unspecified atom stereocenters. The summed E-state index contributed by atoms with van der Waals surface area (Å²) < 4.78 is 5.62. The number of ether oxygens (including phenoxy) is 1. The monoisotopic (exact) mass is 244 g/mol. The number of carboxylic acids is 1. The fourth-order valence-electron chi connectivity index (χ4n) is 1.71. The van der Waals surface area contributed by atoms with E-state index in [0.29, 0.717) is 19.7 Å². The minimum absolute atomic E-state index is 0.0544. The third-order valence-corrected chi connectivity index (χ3v) is 2.99. The zero-order chi connectivity index (χ0) is 12.9. The highest BCUT2D eigenvalue weighted by molar-refractivity contribution is 5.75. The number of amides is 2. The quantitative estimate of drug-likeness (QED) is 0.762. The summed E-state index contributed by atoms with van der Waals surface area (Å²) in [7, 11) is 0. The van der Waals surface area contributed by atoms with Crippen LogP contribution in [0.1, 0.15) is 26.7 Å². The van der Waals surface area contributed by atoms with Crippen LogP contribution in [0, 0.1) is 0 Å². The van der Waals surface area contributed by atoms with Crippen molar-refractivity contribution in [3.05, 3.63) is 0 Å². The molecule has 0 spiro atoms. The lowest BCUT2D eigenvalue weighted by molar-refractivity contribution is -0.136. The zero-order valence-corrected chi connectivity index (χ0v) is 10.4. The van der Waals surface area contributed by atoms with E-state index >= 15 is 0 Å².